The molecule has 4 rings (SSSR count). The van der Waals surface area contributed by atoms with Crippen molar-refractivity contribution in [3.05, 3.63) is 47.2 Å². The highest BCUT2D eigenvalue weighted by Crippen LogP contribution is 2.28. The molecule has 0 unspecified atom stereocenters. The third-order valence-corrected chi connectivity index (χ3v) is 7.36. The fourth-order valence-electron chi connectivity index (χ4n) is 2.97. The Morgan fingerprint density at radius 2 is 1.96 bits per heavy atom. The molecule has 0 saturated carbocycles. The van der Waals surface area contributed by atoms with Crippen LogP contribution in [0.15, 0.2) is 51.1 Å². The summed E-state index contributed by atoms with van der Waals surface area (Å²) in [7, 11) is -3.56. The molecule has 3 aromatic rings. The second-order valence-electron chi connectivity index (χ2n) is 6.31. The fourth-order valence-corrected chi connectivity index (χ4v) is 5.35. The third-order valence-electron chi connectivity index (χ3n) is 4.39. The smallest absolute Gasteiger partial charge is 0.276 e. The van der Waals surface area contributed by atoms with E-state index in [1.165, 1.54) is 26.8 Å². The minimum atomic E-state index is -3.56. The predicted octanol–water partition coefficient (Wildman–Crippen LogP) is 2.98. The topological polar surface area (TPSA) is 107 Å². The first-order valence-corrected chi connectivity index (χ1v) is 11.4. The van der Waals surface area contributed by atoms with Gasteiger partial charge in [-0.25, -0.2) is 13.1 Å². The Kier molecular flexibility index (Phi) is 5.37. The van der Waals surface area contributed by atoms with Gasteiger partial charge in [0.2, 0.25) is 10.2 Å². The minimum Gasteiger partial charge on any atom is -0.447 e. The first kappa shape index (κ1) is 19.3. The molecule has 1 aliphatic heterocycles. The van der Waals surface area contributed by atoms with Crippen molar-refractivity contribution < 1.29 is 12.8 Å². The minimum absolute atomic E-state index is 0.0289. The van der Waals surface area contributed by atoms with E-state index < -0.39 is 10.0 Å². The molecule has 2 N–H and O–H groups in total. The second-order valence-corrected chi connectivity index (χ2v) is 9.55. The lowest BCUT2D eigenvalue weighted by Crippen LogP contribution is -2.27. The van der Waals surface area contributed by atoms with Gasteiger partial charge in [-0.2, -0.15) is 4.31 Å². The van der Waals surface area contributed by atoms with Crippen molar-refractivity contribution in [2.75, 3.05) is 18.9 Å². The molecule has 0 amide bonds. The van der Waals surface area contributed by atoms with Crippen LogP contribution in [0.4, 0.5) is 0 Å². The lowest BCUT2D eigenvalue weighted by atomic mass is 10.2. The molecule has 0 bridgehead atoms. The van der Waals surface area contributed by atoms with Gasteiger partial charge in [-0.05, 0) is 37.1 Å². The number of benzene rings is 1. The summed E-state index contributed by atoms with van der Waals surface area (Å²) in [5, 5.41) is 9.24. The van der Waals surface area contributed by atoms with Crippen LogP contribution < -0.4 is 5.84 Å². The summed E-state index contributed by atoms with van der Waals surface area (Å²) in [5.41, 5.74) is 0.756. The van der Waals surface area contributed by atoms with Gasteiger partial charge in [-0.1, -0.05) is 35.5 Å². The quantitative estimate of drug-likeness (QED) is 0.464. The van der Waals surface area contributed by atoms with E-state index in [0.717, 1.165) is 18.4 Å². The van der Waals surface area contributed by atoms with Crippen LogP contribution >= 0.6 is 23.4 Å². The van der Waals surface area contributed by atoms with Crippen molar-refractivity contribution in [2.24, 2.45) is 0 Å². The summed E-state index contributed by atoms with van der Waals surface area (Å²) < 4.78 is 33.5. The normalized spacial score (nSPS) is 15.3. The summed E-state index contributed by atoms with van der Waals surface area (Å²) >= 11 is 7.32. The van der Waals surface area contributed by atoms with Gasteiger partial charge in [0.1, 0.15) is 5.76 Å². The maximum atomic E-state index is 12.5. The lowest BCUT2D eigenvalue weighted by molar-refractivity contribution is 0.397. The van der Waals surface area contributed by atoms with Gasteiger partial charge in [0, 0.05) is 23.7 Å². The highest BCUT2D eigenvalue weighted by atomic mass is 35.5. The standard InChI is InChI=1S/C17H18ClN5O3S2/c18-13-5-3-4-12(10-13)16-20-21-17(23(16)19)27-11-14-6-7-15(26-14)28(24,25)22-8-1-2-9-22/h3-7,10H,1-2,8-9,11,19H2. The molecule has 11 heteroatoms. The Morgan fingerprint density at radius 3 is 2.71 bits per heavy atom. The van der Waals surface area contributed by atoms with E-state index in [0.29, 0.717) is 40.6 Å². The van der Waals surface area contributed by atoms with Crippen molar-refractivity contribution >= 4 is 33.4 Å². The van der Waals surface area contributed by atoms with Gasteiger partial charge >= 0.3 is 0 Å². The predicted molar refractivity (Wildman–Crippen MR) is 107 cm³/mol. The molecule has 1 saturated heterocycles. The molecular weight excluding hydrogens is 422 g/mol. The molecule has 3 heterocycles. The van der Waals surface area contributed by atoms with Crippen LogP contribution in [0.2, 0.25) is 5.02 Å². The molecule has 28 heavy (non-hydrogen) atoms. The number of nitrogens with two attached hydrogens (primary N) is 1. The van der Waals surface area contributed by atoms with Crippen LogP contribution in [0, 0.1) is 0 Å². The molecule has 0 radical (unpaired) electrons. The van der Waals surface area contributed by atoms with E-state index in [9.17, 15) is 8.42 Å². The zero-order chi connectivity index (χ0) is 19.7. The zero-order valence-corrected chi connectivity index (χ0v) is 17.2. The Hall–Kier alpha value is -2.01. The number of hydrogen-bond donors (Lipinski definition) is 1. The number of nitrogens with zero attached hydrogens (tertiary/aromatic N) is 4. The van der Waals surface area contributed by atoms with Gasteiger partial charge < -0.3 is 10.3 Å². The maximum absolute atomic E-state index is 12.5. The average molecular weight is 440 g/mol. The fraction of sp³-hybridized carbons (Fsp3) is 0.294. The zero-order valence-electron chi connectivity index (χ0n) is 14.8. The summed E-state index contributed by atoms with van der Waals surface area (Å²) in [5.74, 6) is 7.49. The van der Waals surface area contributed by atoms with Gasteiger partial charge in [-0.3, -0.25) is 0 Å². The van der Waals surface area contributed by atoms with Crippen molar-refractivity contribution in [3.8, 4) is 11.4 Å². The number of sulfonamides is 1. The number of furan rings is 1. The number of halogens is 1. The molecule has 0 atom stereocenters. The van der Waals surface area contributed by atoms with Gasteiger partial charge in [0.05, 0.1) is 5.75 Å². The molecule has 1 fully saturated rings. The first-order chi connectivity index (χ1) is 13.4. The van der Waals surface area contributed by atoms with Gasteiger partial charge in [0.15, 0.2) is 5.82 Å². The summed E-state index contributed by atoms with van der Waals surface area (Å²) in [6.07, 6.45) is 1.76. The van der Waals surface area contributed by atoms with E-state index >= 15 is 0 Å². The molecule has 8 nitrogen and oxygen atoms in total. The molecule has 148 valence electrons. The Labute approximate surface area is 171 Å². The maximum Gasteiger partial charge on any atom is 0.276 e. The second kappa shape index (κ2) is 7.78. The van der Waals surface area contributed by atoms with Gasteiger partial charge in [0.25, 0.3) is 10.0 Å². The van der Waals surface area contributed by atoms with Crippen LogP contribution in [0.1, 0.15) is 18.6 Å². The van der Waals surface area contributed by atoms with Crippen LogP contribution in [-0.2, 0) is 15.8 Å². The highest BCUT2D eigenvalue weighted by molar-refractivity contribution is 7.98. The average Bonchev–Trinajstić information content (AvgIpc) is 3.42. The third kappa shape index (κ3) is 3.77. The lowest BCUT2D eigenvalue weighted by Gasteiger charge is -2.12. The van der Waals surface area contributed by atoms with E-state index in [-0.39, 0.29) is 5.09 Å². The van der Waals surface area contributed by atoms with Crippen molar-refractivity contribution in [3.63, 3.8) is 0 Å². The molecule has 2 aromatic heterocycles. The Balaban J connectivity index is 1.47. The molecule has 1 aromatic carbocycles. The monoisotopic (exact) mass is 439 g/mol. The van der Waals surface area contributed by atoms with E-state index in [4.69, 9.17) is 21.9 Å². The molecule has 1 aliphatic rings. The van der Waals surface area contributed by atoms with Crippen LogP contribution in [0.5, 0.6) is 0 Å². The van der Waals surface area contributed by atoms with Crippen molar-refractivity contribution in [1.29, 1.82) is 0 Å². The number of nitrogen functional groups attached to an aromatic ring is 1. The molecule has 0 spiro atoms. The molecular formula is C17H18ClN5O3S2. The first-order valence-electron chi connectivity index (χ1n) is 8.63. The summed E-state index contributed by atoms with van der Waals surface area (Å²) in [4.78, 5) is 0. The summed E-state index contributed by atoms with van der Waals surface area (Å²) in [6.45, 7) is 1.07. The van der Waals surface area contributed by atoms with E-state index in [2.05, 4.69) is 10.2 Å². The van der Waals surface area contributed by atoms with Gasteiger partial charge in [-0.15, -0.1) is 10.2 Å². The van der Waals surface area contributed by atoms with Crippen LogP contribution in [0.25, 0.3) is 11.4 Å². The Bertz CT molecular complexity index is 1090. The molecule has 0 aliphatic carbocycles. The number of thioether (sulfide) groups is 1. The van der Waals surface area contributed by atoms with Crippen LogP contribution in [0.3, 0.4) is 0 Å². The Morgan fingerprint density at radius 1 is 1.18 bits per heavy atom. The number of hydrogen-bond acceptors (Lipinski definition) is 7. The van der Waals surface area contributed by atoms with Crippen molar-refractivity contribution in [2.45, 2.75) is 28.8 Å². The number of aromatic nitrogens is 3. The van der Waals surface area contributed by atoms with E-state index in [1.807, 2.05) is 12.1 Å². The van der Waals surface area contributed by atoms with Crippen molar-refractivity contribution in [1.82, 2.24) is 19.2 Å². The number of rotatable bonds is 6. The summed E-state index contributed by atoms with van der Waals surface area (Å²) in [6, 6.07) is 10.3. The van der Waals surface area contributed by atoms with E-state index in [1.54, 1.807) is 18.2 Å². The largest absolute Gasteiger partial charge is 0.447 e. The highest BCUT2D eigenvalue weighted by Gasteiger charge is 2.30. The van der Waals surface area contributed by atoms with Crippen LogP contribution in [-0.4, -0.2) is 40.7 Å². The SMILES string of the molecule is Nn1c(SCc2ccc(S(=O)(=O)N3CCCC3)o2)nnc1-c1cccc(Cl)c1.